The normalized spacial score (nSPS) is 20.2. The number of benzene rings is 1. The molecule has 0 saturated carbocycles. The maximum Gasteiger partial charge on any atom is 0.223 e. The average Bonchev–Trinajstić information content (AvgIpc) is 2.89. The average molecular weight is 266 g/mol. The summed E-state index contributed by atoms with van der Waals surface area (Å²) in [5.74, 6) is -0.627. The fourth-order valence-electron chi connectivity index (χ4n) is 2.25. The molecule has 1 fully saturated rings. The topological polar surface area (TPSA) is 61.4 Å². The van der Waals surface area contributed by atoms with Gasteiger partial charge in [-0.1, -0.05) is 12.1 Å². The fourth-order valence-corrected chi connectivity index (χ4v) is 2.25. The maximum absolute atomic E-state index is 13.0. The quantitative estimate of drug-likeness (QED) is 0.748. The molecule has 0 aliphatic carbocycles. The van der Waals surface area contributed by atoms with Gasteiger partial charge in [0.2, 0.25) is 5.91 Å². The molecule has 0 spiro atoms. The first-order chi connectivity index (χ1) is 9.15. The predicted molar refractivity (Wildman–Crippen MR) is 70.0 cm³/mol. The van der Waals surface area contributed by atoms with Crippen LogP contribution in [0.2, 0.25) is 0 Å². The van der Waals surface area contributed by atoms with Crippen LogP contribution in [0.25, 0.3) is 0 Å². The van der Waals surface area contributed by atoms with Crippen LogP contribution in [0.3, 0.4) is 0 Å². The van der Waals surface area contributed by atoms with E-state index < -0.39 is 11.9 Å². The Morgan fingerprint density at radius 1 is 1.58 bits per heavy atom. The highest BCUT2D eigenvalue weighted by Gasteiger charge is 2.17. The van der Waals surface area contributed by atoms with Gasteiger partial charge >= 0.3 is 0 Å². The lowest BCUT2D eigenvalue weighted by Crippen LogP contribution is -2.37. The molecule has 5 heteroatoms. The number of amides is 1. The number of nitrogens with one attached hydrogen (secondary N) is 2. The molecule has 4 nitrogen and oxygen atoms in total. The molecule has 19 heavy (non-hydrogen) atoms. The number of aliphatic hydroxyl groups is 1. The van der Waals surface area contributed by atoms with E-state index in [-0.39, 0.29) is 12.3 Å². The lowest BCUT2D eigenvalue weighted by Gasteiger charge is -2.14. The maximum atomic E-state index is 13.0. The van der Waals surface area contributed by atoms with Crippen molar-refractivity contribution in [3.8, 4) is 0 Å². The van der Waals surface area contributed by atoms with E-state index in [0.29, 0.717) is 18.2 Å². The van der Waals surface area contributed by atoms with Gasteiger partial charge in [0, 0.05) is 12.6 Å². The van der Waals surface area contributed by atoms with Crippen LogP contribution in [-0.4, -0.2) is 30.1 Å². The lowest BCUT2D eigenvalue weighted by atomic mass is 10.1. The Hall–Kier alpha value is -1.46. The highest BCUT2D eigenvalue weighted by Crippen LogP contribution is 2.17. The standard InChI is InChI=1S/C14H19FN2O2/c15-11-4-1-3-10(7-11)13(18)8-14(19)17-9-12-5-2-6-16-12/h1,3-4,7,12-13,16,18H,2,5-6,8-9H2,(H,17,19). The zero-order valence-electron chi connectivity index (χ0n) is 10.7. The van der Waals surface area contributed by atoms with Gasteiger partial charge in [-0.25, -0.2) is 4.39 Å². The van der Waals surface area contributed by atoms with Crippen LogP contribution in [0.4, 0.5) is 4.39 Å². The molecule has 1 heterocycles. The summed E-state index contributed by atoms with van der Waals surface area (Å²) >= 11 is 0. The van der Waals surface area contributed by atoms with Gasteiger partial charge in [0.25, 0.3) is 0 Å². The minimum absolute atomic E-state index is 0.0455. The highest BCUT2D eigenvalue weighted by molar-refractivity contribution is 5.76. The van der Waals surface area contributed by atoms with Crippen LogP contribution in [0.5, 0.6) is 0 Å². The molecular weight excluding hydrogens is 247 g/mol. The van der Waals surface area contributed by atoms with Crippen molar-refractivity contribution in [3.05, 3.63) is 35.6 Å². The number of halogens is 1. The van der Waals surface area contributed by atoms with Crippen molar-refractivity contribution in [3.63, 3.8) is 0 Å². The molecule has 1 aliphatic heterocycles. The van der Waals surface area contributed by atoms with Crippen LogP contribution in [0.15, 0.2) is 24.3 Å². The van der Waals surface area contributed by atoms with Gasteiger partial charge in [0.15, 0.2) is 0 Å². The molecule has 1 saturated heterocycles. The SMILES string of the molecule is O=C(CC(O)c1cccc(F)c1)NCC1CCCN1. The van der Waals surface area contributed by atoms with Crippen molar-refractivity contribution in [1.29, 1.82) is 0 Å². The molecule has 1 aliphatic rings. The lowest BCUT2D eigenvalue weighted by molar-refractivity contribution is -0.123. The minimum atomic E-state index is -0.966. The van der Waals surface area contributed by atoms with Gasteiger partial charge < -0.3 is 15.7 Å². The van der Waals surface area contributed by atoms with E-state index in [0.717, 1.165) is 19.4 Å². The van der Waals surface area contributed by atoms with E-state index in [9.17, 15) is 14.3 Å². The van der Waals surface area contributed by atoms with Gasteiger partial charge in [-0.05, 0) is 37.1 Å². The Balaban J connectivity index is 1.77. The number of rotatable bonds is 5. The zero-order chi connectivity index (χ0) is 13.7. The molecule has 0 bridgehead atoms. The van der Waals surface area contributed by atoms with Gasteiger partial charge in [-0.2, -0.15) is 0 Å². The third-order valence-corrected chi connectivity index (χ3v) is 3.32. The third-order valence-electron chi connectivity index (χ3n) is 3.32. The van der Waals surface area contributed by atoms with Crippen LogP contribution in [0, 0.1) is 5.82 Å². The van der Waals surface area contributed by atoms with Crippen LogP contribution < -0.4 is 10.6 Å². The summed E-state index contributed by atoms with van der Waals surface area (Å²) in [6.45, 7) is 1.57. The molecule has 0 aromatic heterocycles. The summed E-state index contributed by atoms with van der Waals surface area (Å²) in [5.41, 5.74) is 0.425. The molecule has 1 aromatic carbocycles. The molecule has 2 rings (SSSR count). The van der Waals surface area contributed by atoms with E-state index in [4.69, 9.17) is 0 Å². The third kappa shape index (κ3) is 4.29. The van der Waals surface area contributed by atoms with Crippen LogP contribution >= 0.6 is 0 Å². The van der Waals surface area contributed by atoms with Crippen LogP contribution in [0.1, 0.15) is 30.9 Å². The molecule has 2 unspecified atom stereocenters. The van der Waals surface area contributed by atoms with E-state index in [1.807, 2.05) is 0 Å². The fraction of sp³-hybridized carbons (Fsp3) is 0.500. The summed E-state index contributed by atoms with van der Waals surface area (Å²) in [4.78, 5) is 11.7. The first-order valence-corrected chi connectivity index (χ1v) is 6.59. The molecule has 1 aromatic rings. The highest BCUT2D eigenvalue weighted by atomic mass is 19.1. The smallest absolute Gasteiger partial charge is 0.223 e. The molecule has 0 radical (unpaired) electrons. The van der Waals surface area contributed by atoms with Crippen molar-refractivity contribution in [2.24, 2.45) is 0 Å². The van der Waals surface area contributed by atoms with Crippen LogP contribution in [-0.2, 0) is 4.79 Å². The van der Waals surface area contributed by atoms with Gasteiger partial charge in [-0.3, -0.25) is 4.79 Å². The Morgan fingerprint density at radius 2 is 2.42 bits per heavy atom. The Labute approximate surface area is 112 Å². The molecular formula is C14H19FN2O2. The summed E-state index contributed by atoms with van der Waals surface area (Å²) in [5, 5.41) is 15.9. The molecule has 3 N–H and O–H groups in total. The van der Waals surface area contributed by atoms with Crippen molar-refractivity contribution < 1.29 is 14.3 Å². The monoisotopic (exact) mass is 266 g/mol. The molecule has 2 atom stereocenters. The van der Waals surface area contributed by atoms with Crippen molar-refractivity contribution in [1.82, 2.24) is 10.6 Å². The second-order valence-electron chi connectivity index (χ2n) is 4.87. The Morgan fingerprint density at radius 3 is 3.11 bits per heavy atom. The second kappa shape index (κ2) is 6.63. The number of aliphatic hydroxyl groups excluding tert-OH is 1. The van der Waals surface area contributed by atoms with E-state index in [2.05, 4.69) is 10.6 Å². The second-order valence-corrected chi connectivity index (χ2v) is 4.87. The largest absolute Gasteiger partial charge is 0.388 e. The number of carbonyl (C=O) groups excluding carboxylic acids is 1. The summed E-state index contributed by atoms with van der Waals surface area (Å²) in [6, 6.07) is 6.02. The first-order valence-electron chi connectivity index (χ1n) is 6.59. The van der Waals surface area contributed by atoms with Gasteiger partial charge in [0.1, 0.15) is 5.82 Å². The first kappa shape index (κ1) is 14.0. The number of carbonyl (C=O) groups is 1. The Bertz CT molecular complexity index is 433. The number of hydrogen-bond acceptors (Lipinski definition) is 3. The molecule has 104 valence electrons. The minimum Gasteiger partial charge on any atom is -0.388 e. The van der Waals surface area contributed by atoms with Gasteiger partial charge in [0.05, 0.1) is 12.5 Å². The van der Waals surface area contributed by atoms with E-state index in [1.165, 1.54) is 18.2 Å². The molecule has 1 amide bonds. The van der Waals surface area contributed by atoms with Gasteiger partial charge in [-0.15, -0.1) is 0 Å². The zero-order valence-corrected chi connectivity index (χ0v) is 10.7. The predicted octanol–water partition coefficient (Wildman–Crippen LogP) is 1.12. The van der Waals surface area contributed by atoms with Crippen molar-refractivity contribution >= 4 is 5.91 Å². The van der Waals surface area contributed by atoms with Crippen molar-refractivity contribution in [2.75, 3.05) is 13.1 Å². The summed E-state index contributed by atoms with van der Waals surface area (Å²) < 4.78 is 13.0. The number of hydrogen-bond donors (Lipinski definition) is 3. The van der Waals surface area contributed by atoms with Crippen molar-refractivity contribution in [2.45, 2.75) is 31.4 Å². The van der Waals surface area contributed by atoms with E-state index in [1.54, 1.807) is 6.07 Å². The summed E-state index contributed by atoms with van der Waals surface area (Å²) in [7, 11) is 0. The Kier molecular flexibility index (Phi) is 4.87. The van der Waals surface area contributed by atoms with E-state index >= 15 is 0 Å². The summed E-state index contributed by atoms with van der Waals surface area (Å²) in [6.07, 6.45) is 1.18.